The van der Waals surface area contributed by atoms with E-state index in [0.717, 1.165) is 50.0 Å². The van der Waals surface area contributed by atoms with Crippen LogP contribution in [0.3, 0.4) is 0 Å². The molecule has 1 aliphatic rings. The lowest BCUT2D eigenvalue weighted by molar-refractivity contribution is -0.00342. The van der Waals surface area contributed by atoms with Crippen LogP contribution >= 0.6 is 24.8 Å². The van der Waals surface area contributed by atoms with Crippen molar-refractivity contribution in [1.29, 1.82) is 0 Å². The van der Waals surface area contributed by atoms with Crippen molar-refractivity contribution in [3.05, 3.63) is 60.2 Å². The summed E-state index contributed by atoms with van der Waals surface area (Å²) in [5.74, 6) is 1.71. The molecular weight excluding hydrogens is 343 g/mol. The van der Waals surface area contributed by atoms with Gasteiger partial charge in [-0.15, -0.1) is 24.8 Å². The summed E-state index contributed by atoms with van der Waals surface area (Å²) in [7, 11) is 0. The molecule has 2 aromatic carbocycles. The molecule has 1 aliphatic carbocycles. The van der Waals surface area contributed by atoms with Crippen LogP contribution in [0.2, 0.25) is 0 Å². The first-order valence-corrected chi connectivity index (χ1v) is 8.28. The van der Waals surface area contributed by atoms with E-state index in [0.29, 0.717) is 0 Å². The Morgan fingerprint density at radius 2 is 1.50 bits per heavy atom. The fraction of sp³-hybridized carbons (Fsp3) is 0.400. The summed E-state index contributed by atoms with van der Waals surface area (Å²) in [6, 6.07) is 18.0. The van der Waals surface area contributed by atoms with E-state index in [1.165, 1.54) is 12.0 Å². The number of hydrogen-bond acceptors (Lipinski definition) is 2. The van der Waals surface area contributed by atoms with Gasteiger partial charge in [0.1, 0.15) is 11.5 Å². The Morgan fingerprint density at radius 1 is 0.833 bits per heavy atom. The van der Waals surface area contributed by atoms with Crippen molar-refractivity contribution in [1.82, 2.24) is 0 Å². The van der Waals surface area contributed by atoms with Gasteiger partial charge in [0.05, 0.1) is 5.60 Å². The minimum absolute atomic E-state index is 0. The highest BCUT2D eigenvalue weighted by Gasteiger charge is 2.28. The third kappa shape index (κ3) is 6.01. The molecule has 0 radical (unpaired) electrons. The van der Waals surface area contributed by atoms with Crippen molar-refractivity contribution >= 4 is 24.8 Å². The second kappa shape index (κ2) is 9.93. The van der Waals surface area contributed by atoms with E-state index in [2.05, 4.69) is 12.1 Å². The van der Waals surface area contributed by atoms with Gasteiger partial charge in [-0.25, -0.2) is 0 Å². The fourth-order valence-corrected chi connectivity index (χ4v) is 3.23. The molecule has 0 atom stereocenters. The van der Waals surface area contributed by atoms with Crippen LogP contribution in [0.15, 0.2) is 54.6 Å². The highest BCUT2D eigenvalue weighted by atomic mass is 35.5. The summed E-state index contributed by atoms with van der Waals surface area (Å²) in [5, 5.41) is 10.6. The second-order valence-corrected chi connectivity index (χ2v) is 6.35. The molecule has 132 valence electrons. The zero-order valence-electron chi connectivity index (χ0n) is 13.8. The molecule has 0 aliphatic heterocycles. The van der Waals surface area contributed by atoms with Gasteiger partial charge in [0.25, 0.3) is 0 Å². The van der Waals surface area contributed by atoms with E-state index in [1.54, 1.807) is 0 Å². The van der Waals surface area contributed by atoms with Gasteiger partial charge in [-0.3, -0.25) is 0 Å². The van der Waals surface area contributed by atoms with E-state index in [1.807, 2.05) is 42.5 Å². The van der Waals surface area contributed by atoms with E-state index >= 15 is 0 Å². The Labute approximate surface area is 157 Å². The Morgan fingerprint density at radius 3 is 2.21 bits per heavy atom. The quantitative estimate of drug-likeness (QED) is 0.706. The third-order valence-electron chi connectivity index (χ3n) is 4.54. The molecule has 2 aromatic rings. The summed E-state index contributed by atoms with van der Waals surface area (Å²) in [4.78, 5) is 0. The van der Waals surface area contributed by atoms with Crippen molar-refractivity contribution in [2.75, 3.05) is 0 Å². The molecule has 1 N–H and O–H groups in total. The first-order valence-electron chi connectivity index (χ1n) is 8.28. The smallest absolute Gasteiger partial charge is 0.127 e. The van der Waals surface area contributed by atoms with Crippen LogP contribution in [0.5, 0.6) is 11.5 Å². The zero-order valence-corrected chi connectivity index (χ0v) is 15.5. The topological polar surface area (TPSA) is 29.5 Å². The van der Waals surface area contributed by atoms with Gasteiger partial charge in [0, 0.05) is 0 Å². The number of para-hydroxylation sites is 1. The second-order valence-electron chi connectivity index (χ2n) is 6.35. The number of hydrogen-bond donors (Lipinski definition) is 1. The predicted octanol–water partition coefficient (Wildman–Crippen LogP) is 5.95. The molecule has 1 saturated carbocycles. The molecule has 0 unspecified atom stereocenters. The van der Waals surface area contributed by atoms with E-state index in [-0.39, 0.29) is 24.8 Å². The summed E-state index contributed by atoms with van der Waals surface area (Å²) < 4.78 is 5.87. The maximum Gasteiger partial charge on any atom is 0.127 e. The first kappa shape index (κ1) is 20.8. The van der Waals surface area contributed by atoms with Crippen LogP contribution in [-0.2, 0) is 6.42 Å². The lowest BCUT2D eigenvalue weighted by atomic mass is 9.81. The third-order valence-corrected chi connectivity index (χ3v) is 4.54. The van der Waals surface area contributed by atoms with Crippen LogP contribution < -0.4 is 4.74 Å². The van der Waals surface area contributed by atoms with Gasteiger partial charge >= 0.3 is 0 Å². The van der Waals surface area contributed by atoms with Crippen LogP contribution in [0.25, 0.3) is 0 Å². The molecule has 0 spiro atoms. The van der Waals surface area contributed by atoms with Crippen molar-refractivity contribution in [3.63, 3.8) is 0 Å². The van der Waals surface area contributed by atoms with Crippen LogP contribution in [-0.4, -0.2) is 10.7 Å². The van der Waals surface area contributed by atoms with Gasteiger partial charge in [-0.2, -0.15) is 0 Å². The minimum atomic E-state index is -0.450. The summed E-state index contributed by atoms with van der Waals surface area (Å²) in [6.45, 7) is 0. The predicted molar refractivity (Wildman–Crippen MR) is 104 cm³/mol. The lowest BCUT2D eigenvalue weighted by Crippen LogP contribution is -2.31. The maximum absolute atomic E-state index is 10.6. The van der Waals surface area contributed by atoms with Crippen LogP contribution in [0.1, 0.15) is 44.1 Å². The normalized spacial score (nSPS) is 15.7. The Kier molecular flexibility index (Phi) is 8.61. The molecule has 0 heterocycles. The van der Waals surface area contributed by atoms with Gasteiger partial charge in [0.2, 0.25) is 0 Å². The van der Waals surface area contributed by atoms with E-state index < -0.39 is 5.60 Å². The van der Waals surface area contributed by atoms with Crippen molar-refractivity contribution < 1.29 is 9.84 Å². The molecule has 0 saturated heterocycles. The number of ether oxygens (including phenoxy) is 1. The maximum atomic E-state index is 10.6. The van der Waals surface area contributed by atoms with Gasteiger partial charge < -0.3 is 9.84 Å². The largest absolute Gasteiger partial charge is 0.457 e. The van der Waals surface area contributed by atoms with Gasteiger partial charge in [-0.1, -0.05) is 49.6 Å². The molecule has 4 heteroatoms. The number of aliphatic hydroxyl groups is 1. The summed E-state index contributed by atoms with van der Waals surface area (Å²) >= 11 is 0. The SMILES string of the molecule is Cl.Cl.OC1(CCc2cccc(Oc3ccccc3)c2)CCCCC1. The number of rotatable bonds is 5. The van der Waals surface area contributed by atoms with Crippen LogP contribution in [0, 0.1) is 0 Å². The molecule has 1 fully saturated rings. The van der Waals surface area contributed by atoms with Crippen molar-refractivity contribution in [2.24, 2.45) is 0 Å². The highest BCUT2D eigenvalue weighted by molar-refractivity contribution is 5.85. The highest BCUT2D eigenvalue weighted by Crippen LogP contribution is 2.32. The lowest BCUT2D eigenvalue weighted by Gasteiger charge is -2.32. The zero-order chi connectivity index (χ0) is 15.3. The van der Waals surface area contributed by atoms with Crippen molar-refractivity contribution in [3.8, 4) is 11.5 Å². The Hall–Kier alpha value is -1.22. The number of benzene rings is 2. The monoisotopic (exact) mass is 368 g/mol. The van der Waals surface area contributed by atoms with Crippen LogP contribution in [0.4, 0.5) is 0 Å². The first-order chi connectivity index (χ1) is 10.7. The molecule has 0 bridgehead atoms. The van der Waals surface area contributed by atoms with Gasteiger partial charge in [0.15, 0.2) is 0 Å². The summed E-state index contributed by atoms with van der Waals surface area (Å²) in [6.07, 6.45) is 7.24. The average molecular weight is 369 g/mol. The van der Waals surface area contributed by atoms with Crippen molar-refractivity contribution in [2.45, 2.75) is 50.5 Å². The molecule has 0 aromatic heterocycles. The molecule has 24 heavy (non-hydrogen) atoms. The Bertz CT molecular complexity index is 596. The minimum Gasteiger partial charge on any atom is -0.457 e. The number of aryl methyl sites for hydroxylation is 1. The average Bonchev–Trinajstić information content (AvgIpc) is 2.55. The molecule has 0 amide bonds. The summed E-state index contributed by atoms with van der Waals surface area (Å²) in [5.41, 5.74) is 0.779. The fourth-order valence-electron chi connectivity index (χ4n) is 3.23. The van der Waals surface area contributed by atoms with E-state index in [4.69, 9.17) is 4.74 Å². The number of halogens is 2. The van der Waals surface area contributed by atoms with E-state index in [9.17, 15) is 5.11 Å². The standard InChI is InChI=1S/C20H24O2.2ClH/c21-20(13-5-2-6-14-20)15-12-17-8-7-11-19(16-17)22-18-9-3-1-4-10-18;;/h1,3-4,7-11,16,21H,2,5-6,12-15H2;2*1H. The Balaban J connectivity index is 0.00000144. The van der Waals surface area contributed by atoms with Gasteiger partial charge in [-0.05, 0) is 55.5 Å². The molecule has 3 rings (SSSR count). The molecular formula is C20H26Cl2O2. The molecule has 2 nitrogen and oxygen atoms in total.